The largest absolute Gasteiger partial charge is 0.455 e. The highest BCUT2D eigenvalue weighted by atomic mass is 16.6. The van der Waals surface area contributed by atoms with Gasteiger partial charge in [0.15, 0.2) is 0 Å². The Morgan fingerprint density at radius 1 is 0.906 bits per heavy atom. The molecule has 2 saturated heterocycles. The van der Waals surface area contributed by atoms with E-state index >= 15 is 0 Å². The summed E-state index contributed by atoms with van der Waals surface area (Å²) in [4.78, 5) is 11.6. The summed E-state index contributed by atoms with van der Waals surface area (Å²) >= 11 is 0. The molecular weight excluding hydrogens is 412 g/mol. The van der Waals surface area contributed by atoms with E-state index in [1.165, 1.54) is 0 Å². The number of unbranched alkanes of at least 4 members (excludes halogenated alkanes) is 2. The lowest BCUT2D eigenvalue weighted by Crippen LogP contribution is -2.33. The fourth-order valence-corrected chi connectivity index (χ4v) is 5.15. The van der Waals surface area contributed by atoms with Crippen LogP contribution in [0.5, 0.6) is 0 Å². The quantitative estimate of drug-likeness (QED) is 0.290. The van der Waals surface area contributed by atoms with Crippen LogP contribution in [0.25, 0.3) is 0 Å². The van der Waals surface area contributed by atoms with Crippen molar-refractivity contribution in [3.8, 4) is 0 Å². The number of rotatable bonds is 13. The topological polar surface area (TPSA) is 105 Å². The summed E-state index contributed by atoms with van der Waals surface area (Å²) in [6.07, 6.45) is 9.36. The number of cyclic esters (lactones) is 1. The Kier molecular flexibility index (Phi) is 9.98. The van der Waals surface area contributed by atoms with E-state index in [4.69, 9.17) is 14.2 Å². The second-order valence-electron chi connectivity index (χ2n) is 9.80. The van der Waals surface area contributed by atoms with Crippen molar-refractivity contribution >= 4 is 5.97 Å². The number of aliphatic hydroxyl groups excluding tert-OH is 3. The van der Waals surface area contributed by atoms with Crippen LogP contribution in [0, 0.1) is 0 Å². The lowest BCUT2D eigenvalue weighted by molar-refractivity contribution is -0.139. The maximum atomic E-state index is 11.6. The molecule has 7 heteroatoms. The van der Waals surface area contributed by atoms with Gasteiger partial charge in [0, 0.05) is 12.0 Å². The van der Waals surface area contributed by atoms with E-state index in [1.807, 2.05) is 6.92 Å². The zero-order chi connectivity index (χ0) is 23.1. The molecule has 0 amide bonds. The number of carbonyl (C=O) groups excluding carboxylic acids is 1. The maximum Gasteiger partial charge on any atom is 0.334 e. The van der Waals surface area contributed by atoms with Crippen molar-refractivity contribution in [3.05, 3.63) is 11.6 Å². The van der Waals surface area contributed by atoms with Gasteiger partial charge in [-0.3, -0.25) is 0 Å². The van der Waals surface area contributed by atoms with Gasteiger partial charge >= 0.3 is 5.97 Å². The zero-order valence-electron chi connectivity index (χ0n) is 19.7. The van der Waals surface area contributed by atoms with Gasteiger partial charge in [0.2, 0.25) is 0 Å². The highest BCUT2D eigenvalue weighted by Crippen LogP contribution is 2.34. The second kappa shape index (κ2) is 12.5. The minimum Gasteiger partial charge on any atom is -0.455 e. The van der Waals surface area contributed by atoms with Crippen LogP contribution in [0.3, 0.4) is 0 Å². The lowest BCUT2D eigenvalue weighted by Gasteiger charge is -2.24. The fraction of sp³-hybridized carbons (Fsp3) is 0.880. The summed E-state index contributed by atoms with van der Waals surface area (Å²) in [6, 6.07) is 0. The van der Waals surface area contributed by atoms with Crippen molar-refractivity contribution in [2.45, 2.75) is 140 Å². The molecule has 0 aromatic rings. The average Bonchev–Trinajstić information content (AvgIpc) is 3.49. The molecule has 3 aliphatic heterocycles. The monoisotopic (exact) mass is 454 g/mol. The highest BCUT2D eigenvalue weighted by molar-refractivity contribution is 5.90. The molecular formula is C25H42O7. The molecule has 3 aliphatic rings. The Bertz CT molecular complexity index is 621. The van der Waals surface area contributed by atoms with E-state index in [0.717, 1.165) is 57.8 Å². The van der Waals surface area contributed by atoms with Crippen LogP contribution in [-0.2, 0) is 19.0 Å². The Labute approximate surface area is 192 Å². The lowest BCUT2D eigenvalue weighted by atomic mass is 9.99. The minimum atomic E-state index is -0.566. The van der Waals surface area contributed by atoms with Crippen molar-refractivity contribution in [3.63, 3.8) is 0 Å². The molecule has 0 aliphatic carbocycles. The third-order valence-corrected chi connectivity index (χ3v) is 7.03. The number of hydrogen-bond acceptors (Lipinski definition) is 7. The van der Waals surface area contributed by atoms with Gasteiger partial charge in [0.25, 0.3) is 0 Å². The van der Waals surface area contributed by atoms with Gasteiger partial charge in [-0.2, -0.15) is 0 Å². The molecule has 3 heterocycles. The summed E-state index contributed by atoms with van der Waals surface area (Å²) < 4.78 is 17.3. The molecule has 0 radical (unpaired) electrons. The van der Waals surface area contributed by atoms with Gasteiger partial charge < -0.3 is 29.5 Å². The molecule has 0 spiro atoms. The minimum absolute atomic E-state index is 0.00156. The first-order chi connectivity index (χ1) is 15.4. The Hall–Kier alpha value is -0.990. The first kappa shape index (κ1) is 25.6. The van der Waals surface area contributed by atoms with Crippen molar-refractivity contribution in [2.75, 3.05) is 0 Å². The number of carbonyl (C=O) groups is 1. The van der Waals surface area contributed by atoms with Gasteiger partial charge in [-0.25, -0.2) is 4.79 Å². The van der Waals surface area contributed by atoms with Crippen LogP contribution >= 0.6 is 0 Å². The highest BCUT2D eigenvalue weighted by Gasteiger charge is 2.40. The second-order valence-corrected chi connectivity index (χ2v) is 9.80. The van der Waals surface area contributed by atoms with Gasteiger partial charge in [-0.1, -0.05) is 32.6 Å². The van der Waals surface area contributed by atoms with Gasteiger partial charge in [-0.15, -0.1) is 0 Å². The Morgan fingerprint density at radius 3 is 2.00 bits per heavy atom. The number of hydrogen-bond donors (Lipinski definition) is 3. The maximum absolute atomic E-state index is 11.6. The first-order valence-corrected chi connectivity index (χ1v) is 12.6. The summed E-state index contributed by atoms with van der Waals surface area (Å²) in [5, 5.41) is 31.0. The molecule has 0 aromatic carbocycles. The predicted molar refractivity (Wildman–Crippen MR) is 120 cm³/mol. The predicted octanol–water partition coefficient (Wildman–Crippen LogP) is 3.18. The molecule has 0 aromatic heterocycles. The molecule has 0 unspecified atom stereocenters. The van der Waals surface area contributed by atoms with E-state index in [1.54, 1.807) is 6.08 Å². The van der Waals surface area contributed by atoms with Crippen molar-refractivity contribution in [2.24, 2.45) is 0 Å². The van der Waals surface area contributed by atoms with Gasteiger partial charge in [0.05, 0.1) is 42.7 Å². The Balaban J connectivity index is 1.29. The molecule has 3 N–H and O–H groups in total. The van der Waals surface area contributed by atoms with Gasteiger partial charge in [-0.05, 0) is 57.9 Å². The summed E-state index contributed by atoms with van der Waals surface area (Å²) in [5.74, 6) is -0.326. The Morgan fingerprint density at radius 2 is 1.47 bits per heavy atom. The molecule has 3 rings (SSSR count). The van der Waals surface area contributed by atoms with E-state index in [2.05, 4.69) is 6.92 Å². The van der Waals surface area contributed by atoms with E-state index in [0.29, 0.717) is 24.8 Å². The fourth-order valence-electron chi connectivity index (χ4n) is 5.15. The zero-order valence-corrected chi connectivity index (χ0v) is 19.7. The van der Waals surface area contributed by atoms with E-state index in [9.17, 15) is 20.1 Å². The standard InChI is InChI=1S/C25H42O7/c1-3-4-8-19(27)21-10-12-23(31-21)24-13-11-22(32-24)20(28)9-6-5-7-18(26)15-17-14-16(2)30-25(17)29/h14,16,18-24,26-28H,3-13,15H2,1-2H3/t16-,18+,19+,20+,21+,22+,23-,24+/m0/s1. The summed E-state index contributed by atoms with van der Waals surface area (Å²) in [5.41, 5.74) is 0.560. The van der Waals surface area contributed by atoms with Crippen LogP contribution in [0.4, 0.5) is 0 Å². The molecule has 184 valence electrons. The van der Waals surface area contributed by atoms with Crippen LogP contribution < -0.4 is 0 Å². The normalized spacial score (nSPS) is 33.2. The van der Waals surface area contributed by atoms with Crippen molar-refractivity contribution in [1.29, 1.82) is 0 Å². The van der Waals surface area contributed by atoms with E-state index in [-0.39, 0.29) is 36.5 Å². The SMILES string of the molecule is CCCC[C@@H](O)[C@H]1CC[C@@H]([C@H]2CC[C@H]([C@H](O)CCCC[C@@H](O)CC3=C[C@H](C)OC3=O)O2)O1. The molecule has 0 bridgehead atoms. The van der Waals surface area contributed by atoms with Gasteiger partial charge in [0.1, 0.15) is 6.10 Å². The molecule has 8 atom stereocenters. The van der Waals surface area contributed by atoms with Crippen LogP contribution in [-0.4, -0.2) is 70.1 Å². The van der Waals surface area contributed by atoms with Crippen molar-refractivity contribution in [1.82, 2.24) is 0 Å². The first-order valence-electron chi connectivity index (χ1n) is 12.6. The number of esters is 1. The molecule has 2 fully saturated rings. The third kappa shape index (κ3) is 7.26. The summed E-state index contributed by atoms with van der Waals surface area (Å²) in [6.45, 7) is 3.93. The molecule has 32 heavy (non-hydrogen) atoms. The van der Waals surface area contributed by atoms with E-state index < -0.39 is 18.3 Å². The van der Waals surface area contributed by atoms with Crippen molar-refractivity contribution < 1.29 is 34.3 Å². The van der Waals surface area contributed by atoms with Crippen LogP contribution in [0.2, 0.25) is 0 Å². The molecule has 7 nitrogen and oxygen atoms in total. The molecule has 0 saturated carbocycles. The average molecular weight is 455 g/mol. The smallest absolute Gasteiger partial charge is 0.334 e. The number of ether oxygens (including phenoxy) is 3. The third-order valence-electron chi connectivity index (χ3n) is 7.03. The van der Waals surface area contributed by atoms with Crippen LogP contribution in [0.1, 0.15) is 90.9 Å². The number of aliphatic hydroxyl groups is 3. The summed E-state index contributed by atoms with van der Waals surface area (Å²) in [7, 11) is 0. The van der Waals surface area contributed by atoms with Crippen LogP contribution in [0.15, 0.2) is 11.6 Å².